The molecule has 1 amide bonds. The number of aromatic carboxylic acids is 1. The Morgan fingerprint density at radius 3 is 2.40 bits per heavy atom. The number of hydrogen-bond acceptors (Lipinski definition) is 3. The molecule has 1 heterocycles. The second-order valence-corrected chi connectivity index (χ2v) is 3.20. The van der Waals surface area contributed by atoms with E-state index >= 15 is 0 Å². The summed E-state index contributed by atoms with van der Waals surface area (Å²) in [4.78, 5) is 21.0. The SMILES string of the molecule is O=C(O)c1cscc1NC(=O)C(F)(F)F. The van der Waals surface area contributed by atoms with Gasteiger partial charge in [0, 0.05) is 10.8 Å². The van der Waals surface area contributed by atoms with Gasteiger partial charge in [0.15, 0.2) is 0 Å². The Kier molecular flexibility index (Phi) is 2.98. The number of hydrogen-bond donors (Lipinski definition) is 2. The third-order valence-corrected chi connectivity index (χ3v) is 2.14. The maximum Gasteiger partial charge on any atom is 0.471 e. The number of amides is 1. The second-order valence-electron chi connectivity index (χ2n) is 2.46. The third-order valence-electron chi connectivity index (χ3n) is 1.40. The van der Waals surface area contributed by atoms with Crippen molar-refractivity contribution in [3.63, 3.8) is 0 Å². The minimum Gasteiger partial charge on any atom is -0.478 e. The number of carboxylic acids is 1. The Bertz CT molecular complexity index is 398. The lowest BCUT2D eigenvalue weighted by Gasteiger charge is -2.06. The first-order chi connectivity index (χ1) is 6.82. The Labute approximate surface area is 85.3 Å². The summed E-state index contributed by atoms with van der Waals surface area (Å²) in [6, 6.07) is 0. The van der Waals surface area contributed by atoms with Crippen molar-refractivity contribution in [3.05, 3.63) is 16.3 Å². The zero-order chi connectivity index (χ0) is 11.6. The summed E-state index contributed by atoms with van der Waals surface area (Å²) in [5.74, 6) is -3.59. The highest BCUT2D eigenvalue weighted by molar-refractivity contribution is 7.08. The van der Waals surface area contributed by atoms with E-state index in [1.165, 1.54) is 5.32 Å². The van der Waals surface area contributed by atoms with Crippen LogP contribution in [0.25, 0.3) is 0 Å². The number of rotatable bonds is 2. The standard InChI is InChI=1S/C7H4F3NO3S/c8-7(9,10)6(14)11-4-2-15-1-3(4)5(12)13/h1-2H,(H,11,14)(H,12,13). The van der Waals surface area contributed by atoms with Crippen molar-refractivity contribution in [1.82, 2.24) is 0 Å². The largest absolute Gasteiger partial charge is 0.478 e. The van der Waals surface area contributed by atoms with Gasteiger partial charge in [-0.05, 0) is 0 Å². The van der Waals surface area contributed by atoms with Crippen molar-refractivity contribution >= 4 is 28.9 Å². The van der Waals surface area contributed by atoms with Crippen molar-refractivity contribution in [2.24, 2.45) is 0 Å². The molecule has 0 saturated heterocycles. The van der Waals surface area contributed by atoms with E-state index in [1.54, 1.807) is 0 Å². The molecule has 82 valence electrons. The van der Waals surface area contributed by atoms with Gasteiger partial charge in [-0.3, -0.25) is 4.79 Å². The van der Waals surface area contributed by atoms with Crippen molar-refractivity contribution in [3.8, 4) is 0 Å². The van der Waals surface area contributed by atoms with Crippen LogP contribution in [0.2, 0.25) is 0 Å². The lowest BCUT2D eigenvalue weighted by atomic mass is 10.3. The average molecular weight is 239 g/mol. The fraction of sp³-hybridized carbons (Fsp3) is 0.143. The smallest absolute Gasteiger partial charge is 0.471 e. The molecule has 2 N–H and O–H groups in total. The van der Waals surface area contributed by atoms with Gasteiger partial charge in [-0.25, -0.2) is 4.79 Å². The van der Waals surface area contributed by atoms with E-state index in [0.717, 1.165) is 22.1 Å². The van der Waals surface area contributed by atoms with Crippen LogP contribution in [0.5, 0.6) is 0 Å². The number of anilines is 1. The predicted octanol–water partition coefficient (Wildman–Crippen LogP) is 1.95. The van der Waals surface area contributed by atoms with E-state index in [2.05, 4.69) is 0 Å². The van der Waals surface area contributed by atoms with Gasteiger partial charge in [-0.2, -0.15) is 13.2 Å². The molecule has 0 saturated carbocycles. The van der Waals surface area contributed by atoms with Crippen LogP contribution >= 0.6 is 11.3 Å². The number of carbonyl (C=O) groups is 2. The molecule has 0 aliphatic rings. The Morgan fingerprint density at radius 1 is 1.33 bits per heavy atom. The summed E-state index contributed by atoms with van der Waals surface area (Å²) in [6.45, 7) is 0. The molecule has 1 rings (SSSR count). The molecular formula is C7H4F3NO3S. The van der Waals surface area contributed by atoms with E-state index in [-0.39, 0.29) is 11.3 Å². The van der Waals surface area contributed by atoms with Gasteiger partial charge in [0.1, 0.15) is 0 Å². The molecule has 0 aliphatic heterocycles. The molecule has 0 atom stereocenters. The van der Waals surface area contributed by atoms with Crippen LogP contribution in [0.4, 0.5) is 18.9 Å². The molecule has 0 aromatic carbocycles. The van der Waals surface area contributed by atoms with Gasteiger partial charge in [-0.1, -0.05) is 0 Å². The lowest BCUT2D eigenvalue weighted by molar-refractivity contribution is -0.167. The van der Waals surface area contributed by atoms with Gasteiger partial charge in [0.2, 0.25) is 0 Å². The predicted molar refractivity (Wildman–Crippen MR) is 46.0 cm³/mol. The maximum atomic E-state index is 11.8. The topological polar surface area (TPSA) is 66.4 Å². The zero-order valence-corrected chi connectivity index (χ0v) is 7.78. The van der Waals surface area contributed by atoms with Gasteiger partial charge >= 0.3 is 18.1 Å². The van der Waals surface area contributed by atoms with Crippen molar-refractivity contribution in [2.75, 3.05) is 5.32 Å². The number of halogens is 3. The lowest BCUT2D eigenvalue weighted by Crippen LogP contribution is -2.30. The van der Waals surface area contributed by atoms with Gasteiger partial charge in [0.25, 0.3) is 0 Å². The maximum absolute atomic E-state index is 11.8. The van der Waals surface area contributed by atoms with E-state index in [0.29, 0.717) is 0 Å². The van der Waals surface area contributed by atoms with Crippen LogP contribution in [-0.2, 0) is 4.79 Å². The highest BCUT2D eigenvalue weighted by Gasteiger charge is 2.39. The fourth-order valence-corrected chi connectivity index (χ4v) is 1.51. The van der Waals surface area contributed by atoms with E-state index < -0.39 is 18.1 Å². The Hall–Kier alpha value is -1.57. The zero-order valence-electron chi connectivity index (χ0n) is 6.96. The number of carboxylic acid groups (broad SMARTS) is 1. The minimum atomic E-state index is -5.03. The normalized spacial score (nSPS) is 11.1. The van der Waals surface area contributed by atoms with E-state index in [1.807, 2.05) is 0 Å². The number of alkyl halides is 3. The van der Waals surface area contributed by atoms with Crippen LogP contribution in [0, 0.1) is 0 Å². The Morgan fingerprint density at radius 2 is 1.93 bits per heavy atom. The molecule has 15 heavy (non-hydrogen) atoms. The first-order valence-electron chi connectivity index (χ1n) is 3.50. The molecule has 0 spiro atoms. The molecule has 4 nitrogen and oxygen atoms in total. The van der Waals surface area contributed by atoms with Gasteiger partial charge in [0.05, 0.1) is 11.3 Å². The number of carbonyl (C=O) groups excluding carboxylic acids is 1. The molecule has 0 radical (unpaired) electrons. The summed E-state index contributed by atoms with van der Waals surface area (Å²) in [5, 5.41) is 12.3. The van der Waals surface area contributed by atoms with Crippen LogP contribution < -0.4 is 5.32 Å². The third kappa shape index (κ3) is 2.69. The molecule has 1 aromatic rings. The monoisotopic (exact) mass is 239 g/mol. The first kappa shape index (κ1) is 11.5. The first-order valence-corrected chi connectivity index (χ1v) is 4.44. The Balaban J connectivity index is 2.86. The fourth-order valence-electron chi connectivity index (χ4n) is 0.753. The highest BCUT2D eigenvalue weighted by atomic mass is 32.1. The number of thiophene rings is 1. The summed E-state index contributed by atoms with van der Waals surface area (Å²) in [7, 11) is 0. The van der Waals surface area contributed by atoms with Crippen molar-refractivity contribution in [1.29, 1.82) is 0 Å². The van der Waals surface area contributed by atoms with Gasteiger partial charge in [-0.15, -0.1) is 11.3 Å². The minimum absolute atomic E-state index is 0.352. The summed E-state index contributed by atoms with van der Waals surface area (Å²) < 4.78 is 35.5. The van der Waals surface area contributed by atoms with E-state index in [4.69, 9.17) is 5.11 Å². The van der Waals surface area contributed by atoms with Crippen LogP contribution in [0.1, 0.15) is 10.4 Å². The molecule has 0 unspecified atom stereocenters. The summed E-state index contributed by atoms with van der Waals surface area (Å²) in [6.07, 6.45) is -5.03. The summed E-state index contributed by atoms with van der Waals surface area (Å²) in [5.41, 5.74) is -0.715. The molecule has 0 bridgehead atoms. The second kappa shape index (κ2) is 3.89. The summed E-state index contributed by atoms with van der Waals surface area (Å²) >= 11 is 0.884. The van der Waals surface area contributed by atoms with Crippen molar-refractivity contribution in [2.45, 2.75) is 6.18 Å². The van der Waals surface area contributed by atoms with E-state index in [9.17, 15) is 22.8 Å². The van der Waals surface area contributed by atoms with Crippen molar-refractivity contribution < 1.29 is 27.9 Å². The molecule has 1 aromatic heterocycles. The quantitative estimate of drug-likeness (QED) is 0.828. The van der Waals surface area contributed by atoms with Gasteiger partial charge < -0.3 is 10.4 Å². The van der Waals surface area contributed by atoms with Crippen LogP contribution in [0.15, 0.2) is 10.8 Å². The highest BCUT2D eigenvalue weighted by Crippen LogP contribution is 2.24. The van der Waals surface area contributed by atoms with Crippen LogP contribution in [-0.4, -0.2) is 23.2 Å². The average Bonchev–Trinajstić information content (AvgIpc) is 2.50. The van der Waals surface area contributed by atoms with Crippen LogP contribution in [0.3, 0.4) is 0 Å². The molecule has 0 aliphatic carbocycles. The molecule has 8 heteroatoms. The number of nitrogens with one attached hydrogen (secondary N) is 1. The molecular weight excluding hydrogens is 235 g/mol. The molecule has 0 fully saturated rings.